The van der Waals surface area contributed by atoms with Gasteiger partial charge in [0.1, 0.15) is 0 Å². The second-order valence-electron chi connectivity index (χ2n) is 5.90. The fourth-order valence-corrected chi connectivity index (χ4v) is 2.74. The van der Waals surface area contributed by atoms with E-state index in [0.29, 0.717) is 24.0 Å². The predicted molar refractivity (Wildman–Crippen MR) is 86.7 cm³/mol. The van der Waals surface area contributed by atoms with E-state index in [2.05, 4.69) is 41.3 Å². The third-order valence-electron chi connectivity index (χ3n) is 3.68. The Morgan fingerprint density at radius 2 is 2.10 bits per heavy atom. The van der Waals surface area contributed by atoms with E-state index >= 15 is 0 Å². The molecule has 124 valence electrons. The van der Waals surface area contributed by atoms with E-state index < -0.39 is 10.0 Å². The summed E-state index contributed by atoms with van der Waals surface area (Å²) in [6, 6.07) is 0.848. The molecular formula is C13H29N5O2S. The van der Waals surface area contributed by atoms with E-state index in [-0.39, 0.29) is 12.3 Å². The molecule has 0 spiro atoms. The molecule has 0 radical (unpaired) electrons. The molecule has 7 nitrogen and oxygen atoms in total. The smallest absolute Gasteiger partial charge is 0.210 e. The molecule has 1 aliphatic heterocycles. The Kier molecular flexibility index (Phi) is 6.89. The van der Waals surface area contributed by atoms with Crippen LogP contribution in [-0.2, 0) is 10.0 Å². The fraction of sp³-hybridized carbons (Fsp3) is 0.923. The minimum atomic E-state index is -3.46. The highest BCUT2D eigenvalue weighted by atomic mass is 32.2. The number of rotatable bonds is 6. The van der Waals surface area contributed by atoms with Gasteiger partial charge in [-0.3, -0.25) is 9.89 Å². The zero-order valence-corrected chi connectivity index (χ0v) is 14.3. The molecule has 0 aromatic rings. The number of nitrogens with one attached hydrogen (secondary N) is 2. The summed E-state index contributed by atoms with van der Waals surface area (Å²) in [4.78, 5) is 6.71. The average Bonchev–Trinajstić information content (AvgIpc) is 2.70. The molecule has 0 aliphatic carbocycles. The highest BCUT2D eigenvalue weighted by molar-refractivity contribution is 7.89. The highest BCUT2D eigenvalue weighted by Crippen LogP contribution is 2.18. The van der Waals surface area contributed by atoms with Crippen LogP contribution in [0.25, 0.3) is 0 Å². The molecule has 8 heteroatoms. The van der Waals surface area contributed by atoms with Crippen LogP contribution in [0.1, 0.15) is 27.7 Å². The number of hydrogen-bond donors (Lipinski definition) is 3. The topological polar surface area (TPSA) is 99.8 Å². The molecule has 21 heavy (non-hydrogen) atoms. The Bertz CT molecular complexity index is 449. The van der Waals surface area contributed by atoms with Gasteiger partial charge in [0, 0.05) is 31.7 Å². The summed E-state index contributed by atoms with van der Waals surface area (Å²) >= 11 is 0. The molecule has 4 N–H and O–H groups in total. The van der Waals surface area contributed by atoms with Crippen molar-refractivity contribution in [1.29, 1.82) is 0 Å². The van der Waals surface area contributed by atoms with Crippen molar-refractivity contribution in [3.05, 3.63) is 0 Å². The first kappa shape index (κ1) is 18.2. The average molecular weight is 319 g/mol. The van der Waals surface area contributed by atoms with Crippen LogP contribution < -0.4 is 15.8 Å². The summed E-state index contributed by atoms with van der Waals surface area (Å²) < 4.78 is 21.9. The highest BCUT2D eigenvalue weighted by Gasteiger charge is 2.31. The lowest BCUT2D eigenvalue weighted by atomic mass is 10.1. The zero-order chi connectivity index (χ0) is 16.0. The fourth-order valence-electron chi connectivity index (χ4n) is 2.39. The van der Waals surface area contributed by atoms with Crippen LogP contribution in [0.3, 0.4) is 0 Å². The van der Waals surface area contributed by atoms with E-state index in [0.717, 1.165) is 19.6 Å². The Labute approximate surface area is 128 Å². The third kappa shape index (κ3) is 6.62. The van der Waals surface area contributed by atoms with Crippen LogP contribution in [0.5, 0.6) is 0 Å². The predicted octanol–water partition coefficient (Wildman–Crippen LogP) is -0.441. The largest absolute Gasteiger partial charge is 0.357 e. The normalized spacial score (nSPS) is 24.6. The molecule has 1 rings (SSSR count). The quantitative estimate of drug-likeness (QED) is 0.455. The molecule has 1 heterocycles. The van der Waals surface area contributed by atoms with Crippen molar-refractivity contribution in [3.8, 4) is 0 Å². The van der Waals surface area contributed by atoms with Crippen LogP contribution in [0.4, 0.5) is 0 Å². The molecule has 0 aromatic carbocycles. The lowest BCUT2D eigenvalue weighted by Crippen LogP contribution is -2.47. The molecule has 2 atom stereocenters. The van der Waals surface area contributed by atoms with Crippen LogP contribution >= 0.6 is 0 Å². The molecule has 1 fully saturated rings. The second-order valence-corrected chi connectivity index (χ2v) is 7.64. The molecule has 1 saturated heterocycles. The van der Waals surface area contributed by atoms with Crippen LogP contribution in [0, 0.1) is 5.92 Å². The molecule has 0 saturated carbocycles. The number of hydrogen-bond acceptors (Lipinski definition) is 4. The van der Waals surface area contributed by atoms with Gasteiger partial charge in [0.05, 0.1) is 12.3 Å². The zero-order valence-electron chi connectivity index (χ0n) is 13.5. The van der Waals surface area contributed by atoms with Gasteiger partial charge >= 0.3 is 0 Å². The van der Waals surface area contributed by atoms with E-state index in [1.54, 1.807) is 0 Å². The number of sulfonamides is 1. The van der Waals surface area contributed by atoms with Gasteiger partial charge in [0.2, 0.25) is 10.0 Å². The van der Waals surface area contributed by atoms with Gasteiger partial charge in [0.15, 0.2) is 5.96 Å². The number of guanidine groups is 1. The monoisotopic (exact) mass is 319 g/mol. The van der Waals surface area contributed by atoms with Crippen molar-refractivity contribution in [1.82, 2.24) is 15.5 Å². The number of nitrogens with zero attached hydrogens (tertiary/aromatic N) is 2. The molecule has 1 aliphatic rings. The number of aliphatic imine (C=N–C) groups is 1. The summed E-state index contributed by atoms with van der Waals surface area (Å²) in [6.07, 6.45) is 0. The van der Waals surface area contributed by atoms with Crippen molar-refractivity contribution in [3.63, 3.8) is 0 Å². The minimum Gasteiger partial charge on any atom is -0.357 e. The van der Waals surface area contributed by atoms with Crippen molar-refractivity contribution >= 4 is 16.0 Å². The summed E-state index contributed by atoms with van der Waals surface area (Å²) in [5, 5.41) is 11.5. The molecule has 0 bridgehead atoms. The lowest BCUT2D eigenvalue weighted by Gasteiger charge is -2.21. The molecule has 0 amide bonds. The first-order valence-electron chi connectivity index (χ1n) is 7.52. The first-order valence-corrected chi connectivity index (χ1v) is 9.23. The molecule has 0 aromatic heterocycles. The van der Waals surface area contributed by atoms with Gasteiger partial charge < -0.3 is 10.6 Å². The van der Waals surface area contributed by atoms with Crippen molar-refractivity contribution in [2.45, 2.75) is 39.8 Å². The number of likely N-dealkylation sites (tertiary alicyclic amines) is 1. The third-order valence-corrected chi connectivity index (χ3v) is 4.43. The van der Waals surface area contributed by atoms with Gasteiger partial charge in [-0.1, -0.05) is 6.92 Å². The molecule has 2 unspecified atom stereocenters. The van der Waals surface area contributed by atoms with Crippen LogP contribution in [-0.4, -0.2) is 63.3 Å². The SMILES string of the molecule is CCNC(=NCCS(N)(=O)=O)NC1CN(C(C)C)CC1C. The first-order chi connectivity index (χ1) is 9.73. The summed E-state index contributed by atoms with van der Waals surface area (Å²) in [6.45, 7) is 11.5. The summed E-state index contributed by atoms with van der Waals surface area (Å²) in [5.41, 5.74) is 0. The molecular weight excluding hydrogens is 290 g/mol. The van der Waals surface area contributed by atoms with Gasteiger partial charge in [-0.05, 0) is 26.7 Å². The van der Waals surface area contributed by atoms with E-state index in [9.17, 15) is 8.42 Å². The summed E-state index contributed by atoms with van der Waals surface area (Å²) in [5.74, 6) is 1.04. The van der Waals surface area contributed by atoms with Crippen molar-refractivity contribution < 1.29 is 8.42 Å². The number of primary sulfonamides is 1. The Hall–Kier alpha value is -0.860. The van der Waals surface area contributed by atoms with E-state index in [1.807, 2.05) is 6.92 Å². The maximum absolute atomic E-state index is 10.9. The maximum Gasteiger partial charge on any atom is 0.210 e. The summed E-state index contributed by atoms with van der Waals surface area (Å²) in [7, 11) is -3.46. The van der Waals surface area contributed by atoms with Crippen LogP contribution in [0.15, 0.2) is 4.99 Å². The van der Waals surface area contributed by atoms with Crippen LogP contribution in [0.2, 0.25) is 0 Å². The van der Waals surface area contributed by atoms with Gasteiger partial charge in [-0.25, -0.2) is 13.6 Å². The van der Waals surface area contributed by atoms with Gasteiger partial charge in [-0.15, -0.1) is 0 Å². The second kappa shape index (κ2) is 7.95. The lowest BCUT2D eigenvalue weighted by molar-refractivity contribution is 0.265. The van der Waals surface area contributed by atoms with E-state index in [4.69, 9.17) is 5.14 Å². The maximum atomic E-state index is 10.9. The Morgan fingerprint density at radius 1 is 1.43 bits per heavy atom. The van der Waals surface area contributed by atoms with Crippen molar-refractivity contribution in [2.75, 3.05) is 31.9 Å². The van der Waals surface area contributed by atoms with Gasteiger partial charge in [-0.2, -0.15) is 0 Å². The Balaban J connectivity index is 2.59. The number of nitrogens with two attached hydrogens (primary N) is 1. The van der Waals surface area contributed by atoms with E-state index in [1.165, 1.54) is 0 Å². The van der Waals surface area contributed by atoms with Crippen molar-refractivity contribution in [2.24, 2.45) is 16.0 Å². The standard InChI is InChI=1S/C13H29N5O2S/c1-5-15-13(16-6-7-21(14,19)20)17-12-9-18(10(2)3)8-11(12)4/h10-12H,5-9H2,1-4H3,(H2,14,19,20)(H2,15,16,17). The Morgan fingerprint density at radius 3 is 2.57 bits per heavy atom. The van der Waals surface area contributed by atoms with Gasteiger partial charge in [0.25, 0.3) is 0 Å². The minimum absolute atomic E-state index is 0.137.